The van der Waals surface area contributed by atoms with Crippen LogP contribution in [-0.4, -0.2) is 56.8 Å². The van der Waals surface area contributed by atoms with E-state index in [9.17, 15) is 5.11 Å². The third-order valence-electron chi connectivity index (χ3n) is 4.06. The van der Waals surface area contributed by atoms with Crippen molar-refractivity contribution >= 4 is 11.6 Å². The number of para-hydroxylation sites is 1. The minimum Gasteiger partial charge on any atom is -0.491 e. The number of likely N-dealkylation sites (tertiary alicyclic amines) is 1. The van der Waals surface area contributed by atoms with Gasteiger partial charge in [0.05, 0.1) is 23.4 Å². The quantitative estimate of drug-likeness (QED) is 0.872. The predicted octanol–water partition coefficient (Wildman–Crippen LogP) is 1.84. The third-order valence-corrected chi connectivity index (χ3v) is 4.38. The van der Waals surface area contributed by atoms with Gasteiger partial charge < -0.3 is 9.84 Å². The van der Waals surface area contributed by atoms with Crippen molar-refractivity contribution in [1.29, 1.82) is 0 Å². The van der Waals surface area contributed by atoms with Crippen LogP contribution in [0.4, 0.5) is 0 Å². The summed E-state index contributed by atoms with van der Waals surface area (Å²) in [6, 6.07) is 7.46. The van der Waals surface area contributed by atoms with Crippen molar-refractivity contribution in [3.8, 4) is 5.75 Å². The van der Waals surface area contributed by atoms with E-state index in [2.05, 4.69) is 15.2 Å². The molecular weight excluding hydrogens is 316 g/mol. The number of aromatic nitrogens is 3. The second-order valence-electron chi connectivity index (χ2n) is 5.98. The summed E-state index contributed by atoms with van der Waals surface area (Å²) >= 11 is 6.08. The normalized spacial score (nSPS) is 22.2. The van der Waals surface area contributed by atoms with Gasteiger partial charge >= 0.3 is 0 Å². The van der Waals surface area contributed by atoms with Gasteiger partial charge in [0, 0.05) is 19.3 Å². The van der Waals surface area contributed by atoms with Gasteiger partial charge in [-0.05, 0) is 31.5 Å². The molecule has 1 N–H and O–H groups in total. The van der Waals surface area contributed by atoms with Crippen LogP contribution in [0.25, 0.3) is 0 Å². The number of β-amino-alcohol motifs (C(OH)–C–C–N with tert-alkyl or cyclic N) is 1. The molecule has 1 aromatic heterocycles. The van der Waals surface area contributed by atoms with Gasteiger partial charge in [-0.25, -0.2) is 4.68 Å². The van der Waals surface area contributed by atoms with Gasteiger partial charge in [0.1, 0.15) is 12.4 Å². The Morgan fingerprint density at radius 1 is 1.35 bits per heavy atom. The first-order valence-electron chi connectivity index (χ1n) is 7.81. The molecule has 1 atom stereocenters. The molecule has 6 nitrogen and oxygen atoms in total. The Kier molecular flexibility index (Phi) is 5.15. The highest BCUT2D eigenvalue weighted by atomic mass is 35.5. The Balaban J connectivity index is 1.49. The first kappa shape index (κ1) is 16.2. The minimum atomic E-state index is -0.768. The summed E-state index contributed by atoms with van der Waals surface area (Å²) in [6.45, 7) is 3.34. The lowest BCUT2D eigenvalue weighted by Crippen LogP contribution is -2.51. The van der Waals surface area contributed by atoms with Crippen molar-refractivity contribution in [1.82, 2.24) is 19.9 Å². The molecule has 124 valence electrons. The fourth-order valence-electron chi connectivity index (χ4n) is 2.99. The predicted molar refractivity (Wildman–Crippen MR) is 87.6 cm³/mol. The molecule has 0 aliphatic carbocycles. The number of benzene rings is 1. The largest absolute Gasteiger partial charge is 0.491 e. The lowest BCUT2D eigenvalue weighted by molar-refractivity contribution is -0.0476. The zero-order valence-corrected chi connectivity index (χ0v) is 13.7. The van der Waals surface area contributed by atoms with Gasteiger partial charge in [-0.15, -0.1) is 5.10 Å². The Morgan fingerprint density at radius 3 is 3.00 bits per heavy atom. The van der Waals surface area contributed by atoms with E-state index in [0.29, 0.717) is 30.5 Å². The SMILES string of the molecule is OC1(Cn2ccnn2)CCCN(CCOc2ccccc2Cl)C1. The number of nitrogens with zero attached hydrogens (tertiary/aromatic N) is 4. The molecular formula is C16H21ClN4O2. The van der Waals surface area contributed by atoms with Crippen LogP contribution in [-0.2, 0) is 6.54 Å². The van der Waals surface area contributed by atoms with Gasteiger partial charge in [-0.2, -0.15) is 0 Å². The number of rotatable bonds is 6. The molecule has 2 aromatic rings. The van der Waals surface area contributed by atoms with E-state index in [0.717, 1.165) is 25.9 Å². The number of hydrogen-bond acceptors (Lipinski definition) is 5. The van der Waals surface area contributed by atoms with Crippen LogP contribution < -0.4 is 4.74 Å². The Labute approximate surface area is 140 Å². The average molecular weight is 337 g/mol. The molecule has 1 unspecified atom stereocenters. The molecule has 0 spiro atoms. The molecule has 2 heterocycles. The molecule has 7 heteroatoms. The van der Waals surface area contributed by atoms with E-state index < -0.39 is 5.60 Å². The number of hydrogen-bond donors (Lipinski definition) is 1. The maximum atomic E-state index is 10.8. The molecule has 23 heavy (non-hydrogen) atoms. The summed E-state index contributed by atoms with van der Waals surface area (Å²) in [5.41, 5.74) is -0.768. The van der Waals surface area contributed by atoms with E-state index in [1.54, 1.807) is 17.1 Å². The maximum absolute atomic E-state index is 10.8. The molecule has 1 aromatic carbocycles. The van der Waals surface area contributed by atoms with Crippen LogP contribution in [0.5, 0.6) is 5.75 Å². The monoisotopic (exact) mass is 336 g/mol. The Hall–Kier alpha value is -1.63. The maximum Gasteiger partial charge on any atom is 0.137 e. The summed E-state index contributed by atoms with van der Waals surface area (Å²) in [6.07, 6.45) is 5.13. The highest BCUT2D eigenvalue weighted by Gasteiger charge is 2.33. The highest BCUT2D eigenvalue weighted by Crippen LogP contribution is 2.24. The smallest absolute Gasteiger partial charge is 0.137 e. The van der Waals surface area contributed by atoms with Crippen LogP contribution in [0.1, 0.15) is 12.8 Å². The molecule has 1 aliphatic rings. The lowest BCUT2D eigenvalue weighted by atomic mass is 9.93. The first-order chi connectivity index (χ1) is 11.1. The van der Waals surface area contributed by atoms with E-state index in [1.807, 2.05) is 24.3 Å². The standard InChI is InChI=1S/C16H21ClN4O2/c17-14-4-1-2-5-15(14)23-11-10-20-8-3-6-16(22,12-20)13-21-9-7-18-19-21/h1-2,4-5,7,9,22H,3,6,8,10-13H2. The first-order valence-corrected chi connectivity index (χ1v) is 8.19. The molecule has 1 saturated heterocycles. The van der Waals surface area contributed by atoms with Crippen LogP contribution in [0.3, 0.4) is 0 Å². The summed E-state index contributed by atoms with van der Waals surface area (Å²) in [5, 5.41) is 19.1. The molecule has 3 rings (SSSR count). The van der Waals surface area contributed by atoms with Crippen molar-refractivity contribution in [3.05, 3.63) is 41.7 Å². The summed E-state index contributed by atoms with van der Waals surface area (Å²) in [4.78, 5) is 2.22. The molecule has 0 saturated carbocycles. The van der Waals surface area contributed by atoms with Crippen LogP contribution >= 0.6 is 11.6 Å². The van der Waals surface area contributed by atoms with E-state index in [4.69, 9.17) is 16.3 Å². The van der Waals surface area contributed by atoms with E-state index in [-0.39, 0.29) is 0 Å². The fourth-order valence-corrected chi connectivity index (χ4v) is 3.18. The molecule has 1 fully saturated rings. The van der Waals surface area contributed by atoms with Gasteiger partial charge in [-0.3, -0.25) is 4.90 Å². The molecule has 0 bridgehead atoms. The summed E-state index contributed by atoms with van der Waals surface area (Å²) in [7, 11) is 0. The topological polar surface area (TPSA) is 63.4 Å². The van der Waals surface area contributed by atoms with Crippen molar-refractivity contribution in [2.45, 2.75) is 25.0 Å². The highest BCUT2D eigenvalue weighted by molar-refractivity contribution is 6.32. The van der Waals surface area contributed by atoms with E-state index in [1.165, 1.54) is 0 Å². The van der Waals surface area contributed by atoms with Crippen molar-refractivity contribution in [2.24, 2.45) is 0 Å². The van der Waals surface area contributed by atoms with Crippen molar-refractivity contribution in [2.75, 3.05) is 26.2 Å². The van der Waals surface area contributed by atoms with Crippen LogP contribution in [0, 0.1) is 0 Å². The Bertz CT molecular complexity index is 622. The number of aliphatic hydroxyl groups is 1. The van der Waals surface area contributed by atoms with Gasteiger partial charge in [0.15, 0.2) is 0 Å². The molecule has 0 radical (unpaired) electrons. The van der Waals surface area contributed by atoms with Crippen LogP contribution in [0.15, 0.2) is 36.7 Å². The van der Waals surface area contributed by atoms with Gasteiger partial charge in [-0.1, -0.05) is 28.9 Å². The number of piperidine rings is 1. The summed E-state index contributed by atoms with van der Waals surface area (Å²) in [5.74, 6) is 0.698. The second-order valence-corrected chi connectivity index (χ2v) is 6.39. The summed E-state index contributed by atoms with van der Waals surface area (Å²) < 4.78 is 7.42. The van der Waals surface area contributed by atoms with Gasteiger partial charge in [0.2, 0.25) is 0 Å². The minimum absolute atomic E-state index is 0.467. The zero-order valence-electron chi connectivity index (χ0n) is 12.9. The van der Waals surface area contributed by atoms with Crippen molar-refractivity contribution < 1.29 is 9.84 Å². The number of halogens is 1. The van der Waals surface area contributed by atoms with Crippen LogP contribution in [0.2, 0.25) is 5.02 Å². The molecule has 1 aliphatic heterocycles. The fraction of sp³-hybridized carbons (Fsp3) is 0.500. The van der Waals surface area contributed by atoms with E-state index >= 15 is 0 Å². The Morgan fingerprint density at radius 2 is 2.22 bits per heavy atom. The van der Waals surface area contributed by atoms with Crippen molar-refractivity contribution in [3.63, 3.8) is 0 Å². The number of ether oxygens (including phenoxy) is 1. The average Bonchev–Trinajstić information content (AvgIpc) is 3.01. The third kappa shape index (κ3) is 4.43. The zero-order chi connectivity index (χ0) is 16.1. The molecule has 0 amide bonds. The second kappa shape index (κ2) is 7.29. The lowest BCUT2D eigenvalue weighted by Gasteiger charge is -2.38. The van der Waals surface area contributed by atoms with Gasteiger partial charge in [0.25, 0.3) is 0 Å².